The number of hydrogen-bond acceptors (Lipinski definition) is 6. The largest absolute Gasteiger partial charge is 0.480 e. The van der Waals surface area contributed by atoms with E-state index in [1.165, 1.54) is 0 Å². The van der Waals surface area contributed by atoms with Crippen LogP contribution in [0.2, 0.25) is 0 Å². The second-order valence-electron chi connectivity index (χ2n) is 9.04. The molecule has 2 aliphatic heterocycles. The minimum absolute atomic E-state index is 0. The van der Waals surface area contributed by atoms with E-state index in [0.29, 0.717) is 23.0 Å². The van der Waals surface area contributed by atoms with Gasteiger partial charge in [-0.25, -0.2) is 0 Å². The van der Waals surface area contributed by atoms with Crippen LogP contribution in [-0.2, 0) is 9.59 Å². The normalized spacial score (nSPS) is 14.6. The molecule has 0 radical (unpaired) electrons. The van der Waals surface area contributed by atoms with Crippen LogP contribution in [0.4, 0.5) is 0 Å². The van der Waals surface area contributed by atoms with Crippen molar-refractivity contribution in [3.8, 4) is 23.0 Å². The Hall–Kier alpha value is -4.37. The van der Waals surface area contributed by atoms with Crippen LogP contribution in [0, 0.1) is 0 Å². The van der Waals surface area contributed by atoms with Crippen LogP contribution in [-0.4, -0.2) is 34.2 Å². The van der Waals surface area contributed by atoms with E-state index in [2.05, 4.69) is 0 Å². The van der Waals surface area contributed by atoms with Gasteiger partial charge in [0.15, 0.2) is 0 Å². The van der Waals surface area contributed by atoms with E-state index >= 15 is 0 Å². The number of rotatable bonds is 4. The van der Waals surface area contributed by atoms with Crippen molar-refractivity contribution in [3.63, 3.8) is 0 Å². The highest BCUT2D eigenvalue weighted by Crippen LogP contribution is 2.46. The summed E-state index contributed by atoms with van der Waals surface area (Å²) in [5, 5.41) is 18.4. The molecule has 6 N–H and O–H groups in total. The van der Waals surface area contributed by atoms with Crippen LogP contribution in [0.3, 0.4) is 0 Å². The lowest BCUT2D eigenvalue weighted by Gasteiger charge is -2.30. The summed E-state index contributed by atoms with van der Waals surface area (Å²) in [6, 6.07) is 27.6. The molecule has 4 aromatic rings. The first kappa shape index (κ1) is 27.7. The van der Waals surface area contributed by atoms with Gasteiger partial charge in [0.2, 0.25) is 0 Å². The van der Waals surface area contributed by atoms with Gasteiger partial charge in [-0.1, -0.05) is 72.8 Å². The molecule has 2 heterocycles. The summed E-state index contributed by atoms with van der Waals surface area (Å²) in [5.41, 5.74) is 15.0. The van der Waals surface area contributed by atoms with Gasteiger partial charge >= 0.3 is 11.9 Å². The molecule has 2 atom stereocenters. The van der Waals surface area contributed by atoms with Crippen LogP contribution in [0.1, 0.15) is 34.1 Å². The Morgan fingerprint density at radius 1 is 0.538 bits per heavy atom. The molecule has 6 rings (SSSR count). The molecule has 0 saturated carbocycles. The molecule has 0 spiro atoms. The van der Waals surface area contributed by atoms with Crippen molar-refractivity contribution in [3.05, 3.63) is 119 Å². The zero-order valence-electron chi connectivity index (χ0n) is 20.6. The molecule has 2 aliphatic rings. The first-order valence-electron chi connectivity index (χ1n) is 12.0. The summed E-state index contributed by atoms with van der Waals surface area (Å²) in [6.07, 6.45) is 0. The molecule has 0 bridgehead atoms. The third kappa shape index (κ3) is 5.31. The van der Waals surface area contributed by atoms with E-state index in [-0.39, 0.29) is 12.4 Å². The summed E-state index contributed by atoms with van der Waals surface area (Å²) >= 11 is 0. The number of carboxylic acids is 2. The Morgan fingerprint density at radius 2 is 0.769 bits per heavy atom. The van der Waals surface area contributed by atoms with Crippen molar-refractivity contribution >= 4 is 24.3 Å². The van der Waals surface area contributed by atoms with E-state index in [4.69, 9.17) is 20.9 Å². The summed E-state index contributed by atoms with van der Waals surface area (Å²) in [7, 11) is 0. The molecule has 200 valence electrons. The molecule has 2 unspecified atom stereocenters. The Balaban J connectivity index is 0.000000176. The third-order valence-electron chi connectivity index (χ3n) is 6.74. The number of aliphatic carboxylic acids is 2. The molecule has 0 aliphatic carbocycles. The predicted octanol–water partition coefficient (Wildman–Crippen LogP) is 5.09. The number of benzene rings is 4. The van der Waals surface area contributed by atoms with Gasteiger partial charge in [0, 0.05) is 34.1 Å². The molecule has 8 nitrogen and oxygen atoms in total. The lowest BCUT2D eigenvalue weighted by molar-refractivity contribution is -0.139. The number of ether oxygens (including phenoxy) is 2. The summed E-state index contributed by atoms with van der Waals surface area (Å²) < 4.78 is 11.6. The number of fused-ring (bicyclic) bond motifs is 4. The summed E-state index contributed by atoms with van der Waals surface area (Å²) in [6.45, 7) is 0. The van der Waals surface area contributed by atoms with E-state index in [1.54, 1.807) is 0 Å². The van der Waals surface area contributed by atoms with Crippen LogP contribution in [0.5, 0.6) is 23.0 Å². The van der Waals surface area contributed by atoms with Crippen LogP contribution in [0.15, 0.2) is 97.1 Å². The van der Waals surface area contributed by atoms with Gasteiger partial charge in [-0.2, -0.15) is 0 Å². The molecule has 39 heavy (non-hydrogen) atoms. The van der Waals surface area contributed by atoms with E-state index in [1.807, 2.05) is 97.1 Å². The number of nitrogens with two attached hydrogens (primary N) is 2. The van der Waals surface area contributed by atoms with Crippen molar-refractivity contribution < 1.29 is 29.3 Å². The molecule has 0 saturated heterocycles. The Kier molecular flexibility index (Phi) is 8.21. The smallest absolute Gasteiger partial charge is 0.321 e. The molecule has 0 fully saturated rings. The number of halogens is 1. The fraction of sp³-hybridized carbons (Fsp3) is 0.133. The second kappa shape index (κ2) is 11.6. The van der Waals surface area contributed by atoms with Gasteiger partial charge in [0.1, 0.15) is 35.1 Å². The SMILES string of the molecule is Cl.NC(C(=O)O)C1c2ccccc2Oc2ccccc21.NC(C(=O)O)C1c2ccccc2Oc2ccccc21. The van der Waals surface area contributed by atoms with E-state index < -0.39 is 35.9 Å². The highest BCUT2D eigenvalue weighted by molar-refractivity contribution is 5.85. The number of hydrogen-bond donors (Lipinski definition) is 4. The average Bonchev–Trinajstić information content (AvgIpc) is 2.94. The average molecular weight is 547 g/mol. The van der Waals surface area contributed by atoms with Gasteiger partial charge < -0.3 is 31.2 Å². The van der Waals surface area contributed by atoms with Crippen LogP contribution in [0.25, 0.3) is 0 Å². The van der Waals surface area contributed by atoms with Crippen molar-refractivity contribution in [2.45, 2.75) is 23.9 Å². The lowest BCUT2D eigenvalue weighted by Crippen LogP contribution is -2.38. The Bertz CT molecular complexity index is 1310. The maximum Gasteiger partial charge on any atom is 0.321 e. The highest BCUT2D eigenvalue weighted by atomic mass is 35.5. The molecular weight excluding hydrogens is 520 g/mol. The fourth-order valence-corrected chi connectivity index (χ4v) is 4.95. The molecule has 0 aromatic heterocycles. The van der Waals surface area contributed by atoms with E-state index in [0.717, 1.165) is 22.3 Å². The van der Waals surface area contributed by atoms with Crippen molar-refractivity contribution in [2.75, 3.05) is 0 Å². The van der Waals surface area contributed by atoms with Crippen molar-refractivity contribution in [1.82, 2.24) is 0 Å². The monoisotopic (exact) mass is 546 g/mol. The van der Waals surface area contributed by atoms with Crippen molar-refractivity contribution in [1.29, 1.82) is 0 Å². The Labute approximate surface area is 231 Å². The van der Waals surface area contributed by atoms with Gasteiger partial charge in [-0.05, 0) is 24.3 Å². The standard InChI is InChI=1S/2C15H13NO3.ClH/c2*16-14(15(17)18)13-9-5-1-3-7-11(9)19-12-8-4-2-6-10(12)13;/h2*1-8,13-14H,16H2,(H,17,18);1H. The zero-order valence-corrected chi connectivity index (χ0v) is 21.5. The van der Waals surface area contributed by atoms with Gasteiger partial charge in [0.25, 0.3) is 0 Å². The first-order chi connectivity index (χ1) is 18.4. The zero-order chi connectivity index (χ0) is 26.8. The highest BCUT2D eigenvalue weighted by Gasteiger charge is 2.36. The summed E-state index contributed by atoms with van der Waals surface area (Å²) in [5.74, 6) is -0.137. The minimum Gasteiger partial charge on any atom is -0.480 e. The summed E-state index contributed by atoms with van der Waals surface area (Å²) in [4.78, 5) is 22.5. The Morgan fingerprint density at radius 3 is 1.00 bits per heavy atom. The molecular formula is C30H27ClN2O6. The maximum atomic E-state index is 11.3. The number of para-hydroxylation sites is 4. The van der Waals surface area contributed by atoms with Crippen LogP contribution < -0.4 is 20.9 Å². The molecule has 9 heteroatoms. The van der Waals surface area contributed by atoms with Crippen molar-refractivity contribution in [2.24, 2.45) is 11.5 Å². The van der Waals surface area contributed by atoms with Gasteiger partial charge in [-0.15, -0.1) is 12.4 Å². The van der Waals surface area contributed by atoms with Gasteiger partial charge in [0.05, 0.1) is 0 Å². The molecule has 0 amide bonds. The fourth-order valence-electron chi connectivity index (χ4n) is 4.95. The second-order valence-corrected chi connectivity index (χ2v) is 9.04. The van der Waals surface area contributed by atoms with Crippen LogP contribution >= 0.6 is 12.4 Å². The predicted molar refractivity (Wildman–Crippen MR) is 148 cm³/mol. The number of carbonyl (C=O) groups is 2. The lowest BCUT2D eigenvalue weighted by atomic mass is 9.83. The maximum absolute atomic E-state index is 11.3. The third-order valence-corrected chi connectivity index (χ3v) is 6.74. The van der Waals surface area contributed by atoms with E-state index in [9.17, 15) is 19.8 Å². The first-order valence-corrected chi connectivity index (χ1v) is 12.0. The molecule has 4 aromatic carbocycles. The van der Waals surface area contributed by atoms with Gasteiger partial charge in [-0.3, -0.25) is 9.59 Å². The minimum atomic E-state index is -1.02. The topological polar surface area (TPSA) is 145 Å². The quantitative estimate of drug-likeness (QED) is 0.277. The number of carboxylic acid groups (broad SMARTS) is 2.